The fourth-order valence-electron chi connectivity index (χ4n) is 1.86. The van der Waals surface area contributed by atoms with Crippen molar-refractivity contribution >= 4 is 33.5 Å². The highest BCUT2D eigenvalue weighted by Gasteiger charge is 2.38. The van der Waals surface area contributed by atoms with Crippen molar-refractivity contribution in [3.05, 3.63) is 28.7 Å². The van der Waals surface area contributed by atoms with Crippen LogP contribution in [0, 0.1) is 11.3 Å². The molecule has 0 fully saturated rings. The Morgan fingerprint density at radius 2 is 2.00 bits per heavy atom. The average Bonchev–Trinajstić information content (AvgIpc) is 2.26. The van der Waals surface area contributed by atoms with Crippen molar-refractivity contribution in [2.75, 3.05) is 11.9 Å². The predicted octanol–water partition coefficient (Wildman–Crippen LogP) is 3.61. The van der Waals surface area contributed by atoms with E-state index in [0.717, 1.165) is 4.47 Å². The van der Waals surface area contributed by atoms with E-state index in [4.69, 9.17) is 4.74 Å². The maximum atomic E-state index is 12.4. The Morgan fingerprint density at radius 3 is 2.50 bits per heavy atom. The van der Waals surface area contributed by atoms with Crippen LogP contribution < -0.4 is 5.32 Å². The van der Waals surface area contributed by atoms with E-state index in [1.165, 1.54) is 0 Å². The summed E-state index contributed by atoms with van der Waals surface area (Å²) in [5.41, 5.74) is 0.130. The molecule has 0 aliphatic rings. The Bertz CT molecular complexity index is 494. The normalized spacial score (nSPS) is 12.7. The molecule has 1 unspecified atom stereocenters. The van der Waals surface area contributed by atoms with Gasteiger partial charge in [0, 0.05) is 10.2 Å². The molecule has 0 heterocycles. The first-order chi connectivity index (χ1) is 9.25. The summed E-state index contributed by atoms with van der Waals surface area (Å²) < 4.78 is 5.86. The van der Waals surface area contributed by atoms with Crippen molar-refractivity contribution in [3.8, 4) is 0 Å². The monoisotopic (exact) mass is 341 g/mol. The number of rotatable bonds is 4. The van der Waals surface area contributed by atoms with Gasteiger partial charge in [-0.25, -0.2) is 0 Å². The molecule has 0 aromatic heterocycles. The van der Waals surface area contributed by atoms with Crippen molar-refractivity contribution in [1.82, 2.24) is 0 Å². The largest absolute Gasteiger partial charge is 0.465 e. The van der Waals surface area contributed by atoms with Crippen LogP contribution in [-0.4, -0.2) is 18.5 Å². The second kappa shape index (κ2) is 6.88. The molecule has 0 aliphatic carbocycles. The van der Waals surface area contributed by atoms with Crippen molar-refractivity contribution in [2.24, 2.45) is 11.3 Å². The predicted molar refractivity (Wildman–Crippen MR) is 82.3 cm³/mol. The molecule has 1 rings (SSSR count). The van der Waals surface area contributed by atoms with Crippen LogP contribution in [0.4, 0.5) is 5.69 Å². The molecule has 1 amide bonds. The van der Waals surface area contributed by atoms with Gasteiger partial charge in [-0.2, -0.15) is 0 Å². The van der Waals surface area contributed by atoms with Crippen molar-refractivity contribution in [3.63, 3.8) is 0 Å². The highest BCUT2D eigenvalue weighted by molar-refractivity contribution is 9.10. The topological polar surface area (TPSA) is 55.4 Å². The summed E-state index contributed by atoms with van der Waals surface area (Å²) in [6, 6.07) is 7.23. The Morgan fingerprint density at radius 1 is 1.35 bits per heavy atom. The second-order valence-electron chi connectivity index (χ2n) is 5.55. The zero-order chi connectivity index (χ0) is 15.3. The first-order valence-electron chi connectivity index (χ1n) is 6.48. The molecular formula is C15H20BrNO3. The molecular weight excluding hydrogens is 322 g/mol. The van der Waals surface area contributed by atoms with Crippen LogP contribution in [0.2, 0.25) is 0 Å². The van der Waals surface area contributed by atoms with Crippen LogP contribution in [0.15, 0.2) is 28.7 Å². The number of benzene rings is 1. The number of nitrogens with one attached hydrogen (secondary N) is 1. The smallest absolute Gasteiger partial charge is 0.319 e. The van der Waals surface area contributed by atoms with Gasteiger partial charge in [0.25, 0.3) is 0 Å². The maximum Gasteiger partial charge on any atom is 0.319 e. The molecule has 0 bridgehead atoms. The SMILES string of the molecule is CCOC(=O)C(C(=O)Nc1cccc(Br)c1)C(C)(C)C. The van der Waals surface area contributed by atoms with Crippen molar-refractivity contribution < 1.29 is 14.3 Å². The van der Waals surface area contributed by atoms with Gasteiger partial charge in [0.2, 0.25) is 5.91 Å². The van der Waals surface area contributed by atoms with Gasteiger partial charge >= 0.3 is 5.97 Å². The number of hydrogen-bond donors (Lipinski definition) is 1. The Kier molecular flexibility index (Phi) is 5.74. The van der Waals surface area contributed by atoms with E-state index < -0.39 is 17.3 Å². The summed E-state index contributed by atoms with van der Waals surface area (Å²) >= 11 is 3.34. The number of halogens is 1. The Hall–Kier alpha value is -1.36. The fraction of sp³-hybridized carbons (Fsp3) is 0.467. The zero-order valence-corrected chi connectivity index (χ0v) is 13.8. The van der Waals surface area contributed by atoms with E-state index in [2.05, 4.69) is 21.2 Å². The molecule has 4 nitrogen and oxygen atoms in total. The van der Waals surface area contributed by atoms with Crippen molar-refractivity contribution in [2.45, 2.75) is 27.7 Å². The number of carbonyl (C=O) groups excluding carboxylic acids is 2. The Balaban J connectivity index is 2.92. The van der Waals surface area contributed by atoms with E-state index in [1.807, 2.05) is 32.9 Å². The molecule has 1 aromatic carbocycles. The highest BCUT2D eigenvalue weighted by Crippen LogP contribution is 2.29. The lowest BCUT2D eigenvalue weighted by Gasteiger charge is -2.27. The van der Waals surface area contributed by atoms with E-state index in [-0.39, 0.29) is 12.5 Å². The minimum Gasteiger partial charge on any atom is -0.465 e. The van der Waals surface area contributed by atoms with Crippen molar-refractivity contribution in [1.29, 1.82) is 0 Å². The lowest BCUT2D eigenvalue weighted by Crippen LogP contribution is -2.40. The number of anilines is 1. The average molecular weight is 342 g/mol. The number of hydrogen-bond acceptors (Lipinski definition) is 3. The lowest BCUT2D eigenvalue weighted by atomic mass is 9.80. The molecule has 1 aromatic rings. The molecule has 110 valence electrons. The molecule has 0 spiro atoms. The molecule has 0 radical (unpaired) electrons. The number of amides is 1. The van der Waals surface area contributed by atoms with E-state index in [0.29, 0.717) is 5.69 Å². The first kappa shape index (κ1) is 16.7. The highest BCUT2D eigenvalue weighted by atomic mass is 79.9. The summed E-state index contributed by atoms with van der Waals surface area (Å²) in [5, 5.41) is 2.76. The van der Waals surface area contributed by atoms with Crippen LogP contribution >= 0.6 is 15.9 Å². The maximum absolute atomic E-state index is 12.4. The third-order valence-electron chi connectivity index (χ3n) is 2.74. The van der Waals surface area contributed by atoms with Crippen LogP contribution in [0.5, 0.6) is 0 Å². The summed E-state index contributed by atoms with van der Waals surface area (Å²) in [6.07, 6.45) is 0. The molecule has 20 heavy (non-hydrogen) atoms. The molecule has 1 N–H and O–H groups in total. The van der Waals surface area contributed by atoms with Gasteiger partial charge in [-0.05, 0) is 30.5 Å². The summed E-state index contributed by atoms with van der Waals surface area (Å²) in [7, 11) is 0. The summed E-state index contributed by atoms with van der Waals surface area (Å²) in [4.78, 5) is 24.4. The number of esters is 1. The standard InChI is InChI=1S/C15H20BrNO3/c1-5-20-14(19)12(15(2,3)4)13(18)17-11-8-6-7-10(16)9-11/h6-9,12H,5H2,1-4H3,(H,17,18). The van der Waals surface area contributed by atoms with Gasteiger partial charge in [0.15, 0.2) is 0 Å². The van der Waals surface area contributed by atoms with E-state index >= 15 is 0 Å². The van der Waals surface area contributed by atoms with E-state index in [1.54, 1.807) is 19.1 Å². The van der Waals surface area contributed by atoms with Gasteiger partial charge in [-0.3, -0.25) is 9.59 Å². The van der Waals surface area contributed by atoms with Gasteiger partial charge in [-0.15, -0.1) is 0 Å². The van der Waals surface area contributed by atoms with Crippen LogP contribution in [-0.2, 0) is 14.3 Å². The minimum absolute atomic E-state index is 0.260. The number of ether oxygens (including phenoxy) is 1. The third kappa shape index (κ3) is 4.63. The van der Waals surface area contributed by atoms with Crippen LogP contribution in [0.3, 0.4) is 0 Å². The summed E-state index contributed by atoms with van der Waals surface area (Å²) in [5.74, 6) is -1.69. The minimum atomic E-state index is -0.846. The van der Waals surface area contributed by atoms with Gasteiger partial charge in [0.1, 0.15) is 5.92 Å². The van der Waals surface area contributed by atoms with Gasteiger partial charge in [-0.1, -0.05) is 42.8 Å². The first-order valence-corrected chi connectivity index (χ1v) is 7.28. The van der Waals surface area contributed by atoms with Gasteiger partial charge < -0.3 is 10.1 Å². The van der Waals surface area contributed by atoms with Crippen LogP contribution in [0.1, 0.15) is 27.7 Å². The molecule has 0 aliphatic heterocycles. The number of carbonyl (C=O) groups is 2. The molecule has 1 atom stereocenters. The molecule has 5 heteroatoms. The third-order valence-corrected chi connectivity index (χ3v) is 3.24. The van der Waals surface area contributed by atoms with Gasteiger partial charge in [0.05, 0.1) is 6.61 Å². The lowest BCUT2D eigenvalue weighted by molar-refractivity contribution is -0.155. The second-order valence-corrected chi connectivity index (χ2v) is 6.47. The van der Waals surface area contributed by atoms with E-state index in [9.17, 15) is 9.59 Å². The molecule has 0 saturated heterocycles. The quantitative estimate of drug-likeness (QED) is 0.672. The van der Waals surface area contributed by atoms with Crippen LogP contribution in [0.25, 0.3) is 0 Å². The fourth-order valence-corrected chi connectivity index (χ4v) is 2.26. The Labute approximate surface area is 128 Å². The molecule has 0 saturated carbocycles. The summed E-state index contributed by atoms with van der Waals surface area (Å²) in [6.45, 7) is 7.51. The zero-order valence-electron chi connectivity index (χ0n) is 12.2.